The maximum absolute atomic E-state index is 10.5. The fourth-order valence-corrected chi connectivity index (χ4v) is 1.86. The summed E-state index contributed by atoms with van der Waals surface area (Å²) in [7, 11) is 0. The fraction of sp³-hybridized carbons (Fsp3) is 0.118. The van der Waals surface area contributed by atoms with Gasteiger partial charge in [0.05, 0.1) is 6.42 Å². The molecule has 0 aliphatic rings. The minimum Gasteiger partial charge on any atom is -0.481 e. The van der Waals surface area contributed by atoms with Gasteiger partial charge in [-0.3, -0.25) is 4.79 Å². The highest BCUT2D eigenvalue weighted by Gasteiger charge is 1.98. The molecule has 0 aliphatic carbocycles. The number of hydrogen-bond donors (Lipinski definition) is 1. The minimum atomic E-state index is -0.814. The van der Waals surface area contributed by atoms with Crippen molar-refractivity contribution in [2.45, 2.75) is 13.3 Å². The van der Waals surface area contributed by atoms with Crippen LogP contribution in [0.15, 0.2) is 54.6 Å². The van der Waals surface area contributed by atoms with Gasteiger partial charge in [0.2, 0.25) is 0 Å². The van der Waals surface area contributed by atoms with Crippen molar-refractivity contribution in [3.05, 3.63) is 65.7 Å². The summed E-state index contributed by atoms with van der Waals surface area (Å²) in [6.07, 6.45) is 3.55. The average molecular weight is 252 g/mol. The SMILES string of the molecule is Cc1ccc(-c2cccc(/C=C/CC(=O)O)c2)cc1. The third kappa shape index (κ3) is 3.81. The quantitative estimate of drug-likeness (QED) is 0.887. The molecule has 0 aliphatic heterocycles. The zero-order valence-electron chi connectivity index (χ0n) is 10.8. The summed E-state index contributed by atoms with van der Waals surface area (Å²) in [5.41, 5.74) is 4.55. The number of carboxylic acids is 1. The van der Waals surface area contributed by atoms with Crippen molar-refractivity contribution in [1.82, 2.24) is 0 Å². The smallest absolute Gasteiger partial charge is 0.307 e. The van der Waals surface area contributed by atoms with E-state index in [0.717, 1.165) is 11.1 Å². The molecule has 0 saturated carbocycles. The van der Waals surface area contributed by atoms with E-state index in [1.54, 1.807) is 6.08 Å². The van der Waals surface area contributed by atoms with Gasteiger partial charge in [-0.05, 0) is 29.7 Å². The van der Waals surface area contributed by atoms with Crippen molar-refractivity contribution in [2.75, 3.05) is 0 Å². The van der Waals surface area contributed by atoms with Crippen LogP contribution in [0.3, 0.4) is 0 Å². The maximum Gasteiger partial charge on any atom is 0.307 e. The van der Waals surface area contributed by atoms with Crippen LogP contribution in [0.4, 0.5) is 0 Å². The third-order valence-corrected chi connectivity index (χ3v) is 2.87. The highest BCUT2D eigenvalue weighted by atomic mass is 16.4. The van der Waals surface area contributed by atoms with Crippen LogP contribution in [0.1, 0.15) is 17.5 Å². The van der Waals surface area contributed by atoms with Gasteiger partial charge in [0.25, 0.3) is 0 Å². The normalized spacial score (nSPS) is 10.8. The fourth-order valence-electron chi connectivity index (χ4n) is 1.86. The van der Waals surface area contributed by atoms with Gasteiger partial charge in [-0.15, -0.1) is 0 Å². The molecule has 0 atom stereocenters. The van der Waals surface area contributed by atoms with Crippen LogP contribution in [-0.2, 0) is 4.79 Å². The Labute approximate surface area is 113 Å². The van der Waals surface area contributed by atoms with Crippen LogP contribution in [0, 0.1) is 6.92 Å². The van der Waals surface area contributed by atoms with Crippen molar-refractivity contribution in [1.29, 1.82) is 0 Å². The highest BCUT2D eigenvalue weighted by Crippen LogP contribution is 2.21. The molecule has 1 N–H and O–H groups in total. The monoisotopic (exact) mass is 252 g/mol. The van der Waals surface area contributed by atoms with E-state index in [4.69, 9.17) is 5.11 Å². The second-order valence-corrected chi connectivity index (χ2v) is 4.49. The molecule has 0 bridgehead atoms. The third-order valence-electron chi connectivity index (χ3n) is 2.87. The minimum absolute atomic E-state index is 0.0504. The Hall–Kier alpha value is -2.35. The van der Waals surface area contributed by atoms with Crippen molar-refractivity contribution in [3.63, 3.8) is 0 Å². The summed E-state index contributed by atoms with van der Waals surface area (Å²) in [5.74, 6) is -0.814. The van der Waals surface area contributed by atoms with E-state index in [1.165, 1.54) is 11.1 Å². The Balaban J connectivity index is 2.21. The topological polar surface area (TPSA) is 37.3 Å². The second kappa shape index (κ2) is 6.01. The molecule has 0 spiro atoms. The Bertz CT molecular complexity index is 595. The van der Waals surface area contributed by atoms with Gasteiger partial charge in [0.15, 0.2) is 0 Å². The zero-order chi connectivity index (χ0) is 13.7. The summed E-state index contributed by atoms with van der Waals surface area (Å²) in [4.78, 5) is 10.5. The first-order valence-electron chi connectivity index (χ1n) is 6.20. The Morgan fingerprint density at radius 3 is 2.53 bits per heavy atom. The van der Waals surface area contributed by atoms with Crippen molar-refractivity contribution in [2.24, 2.45) is 0 Å². The summed E-state index contributed by atoms with van der Waals surface area (Å²) >= 11 is 0. The van der Waals surface area contributed by atoms with E-state index in [1.807, 2.05) is 18.2 Å². The molecule has 0 saturated heterocycles. The van der Waals surface area contributed by atoms with Crippen molar-refractivity contribution >= 4 is 12.0 Å². The molecule has 2 aromatic rings. The summed E-state index contributed by atoms with van der Waals surface area (Å²) in [5, 5.41) is 8.60. The molecule has 0 fully saturated rings. The molecule has 0 radical (unpaired) electrons. The van der Waals surface area contributed by atoms with E-state index in [0.29, 0.717) is 0 Å². The van der Waals surface area contributed by atoms with Crippen LogP contribution in [0.2, 0.25) is 0 Å². The molecule has 2 nitrogen and oxygen atoms in total. The van der Waals surface area contributed by atoms with Crippen LogP contribution in [0.5, 0.6) is 0 Å². The van der Waals surface area contributed by atoms with Crippen molar-refractivity contribution in [3.8, 4) is 11.1 Å². The number of hydrogen-bond acceptors (Lipinski definition) is 1. The molecule has 0 heterocycles. The molecule has 2 heteroatoms. The maximum atomic E-state index is 10.5. The van der Waals surface area contributed by atoms with Gasteiger partial charge >= 0.3 is 5.97 Å². The zero-order valence-corrected chi connectivity index (χ0v) is 10.8. The molecule has 2 aromatic carbocycles. The van der Waals surface area contributed by atoms with Crippen LogP contribution in [0.25, 0.3) is 17.2 Å². The lowest BCUT2D eigenvalue weighted by atomic mass is 10.0. The first-order valence-corrected chi connectivity index (χ1v) is 6.20. The number of rotatable bonds is 4. The highest BCUT2D eigenvalue weighted by molar-refractivity contribution is 5.71. The van der Waals surface area contributed by atoms with E-state index >= 15 is 0 Å². The van der Waals surface area contributed by atoms with Gasteiger partial charge in [-0.2, -0.15) is 0 Å². The molecule has 0 unspecified atom stereocenters. The van der Waals surface area contributed by atoms with Gasteiger partial charge in [0.1, 0.15) is 0 Å². The Kier molecular flexibility index (Phi) is 4.14. The van der Waals surface area contributed by atoms with Crippen LogP contribution < -0.4 is 0 Å². The van der Waals surface area contributed by atoms with Gasteiger partial charge < -0.3 is 5.11 Å². The second-order valence-electron chi connectivity index (χ2n) is 4.49. The van der Waals surface area contributed by atoms with E-state index in [2.05, 4.69) is 43.3 Å². The number of benzene rings is 2. The van der Waals surface area contributed by atoms with Gasteiger partial charge in [-0.1, -0.05) is 60.2 Å². The molecule has 19 heavy (non-hydrogen) atoms. The molecular formula is C17H16O2. The number of aryl methyl sites for hydroxylation is 1. The lowest BCUT2D eigenvalue weighted by Gasteiger charge is -2.03. The predicted octanol–water partition coefficient (Wildman–Crippen LogP) is 4.15. The Morgan fingerprint density at radius 2 is 1.84 bits per heavy atom. The molecule has 0 amide bonds. The average Bonchev–Trinajstić information content (AvgIpc) is 2.39. The first kappa shape index (κ1) is 13.1. The first-order chi connectivity index (χ1) is 9.15. The van der Waals surface area contributed by atoms with Crippen LogP contribution >= 0.6 is 0 Å². The van der Waals surface area contributed by atoms with Crippen LogP contribution in [-0.4, -0.2) is 11.1 Å². The van der Waals surface area contributed by atoms with Gasteiger partial charge in [0, 0.05) is 0 Å². The standard InChI is InChI=1S/C17H16O2/c1-13-8-10-15(11-9-13)16-6-2-4-14(12-16)5-3-7-17(18)19/h2-6,8-12H,7H2,1H3,(H,18,19)/b5-3+. The summed E-state index contributed by atoms with van der Waals surface area (Å²) in [6, 6.07) is 16.4. The molecular weight excluding hydrogens is 236 g/mol. The lowest BCUT2D eigenvalue weighted by molar-refractivity contribution is -0.135. The number of carbonyl (C=O) groups is 1. The summed E-state index contributed by atoms with van der Waals surface area (Å²) < 4.78 is 0. The Morgan fingerprint density at radius 1 is 1.11 bits per heavy atom. The lowest BCUT2D eigenvalue weighted by Crippen LogP contribution is -1.89. The van der Waals surface area contributed by atoms with E-state index in [9.17, 15) is 4.79 Å². The summed E-state index contributed by atoms with van der Waals surface area (Å²) in [6.45, 7) is 2.06. The molecule has 2 rings (SSSR count). The van der Waals surface area contributed by atoms with Gasteiger partial charge in [-0.25, -0.2) is 0 Å². The van der Waals surface area contributed by atoms with E-state index in [-0.39, 0.29) is 6.42 Å². The van der Waals surface area contributed by atoms with E-state index < -0.39 is 5.97 Å². The molecule has 0 aromatic heterocycles. The largest absolute Gasteiger partial charge is 0.481 e. The number of carboxylic acid groups (broad SMARTS) is 1. The number of aliphatic carboxylic acids is 1. The molecule has 96 valence electrons. The van der Waals surface area contributed by atoms with Crippen molar-refractivity contribution < 1.29 is 9.90 Å². The predicted molar refractivity (Wildman–Crippen MR) is 77.9 cm³/mol.